The van der Waals surface area contributed by atoms with E-state index >= 15 is 0 Å². The summed E-state index contributed by atoms with van der Waals surface area (Å²) in [5, 5.41) is 2.78. The quantitative estimate of drug-likeness (QED) is 0.244. The second-order valence-electron chi connectivity index (χ2n) is 15.6. The number of piperidine rings is 2. The molecule has 4 aliphatic rings. The lowest BCUT2D eigenvalue weighted by atomic mass is 9.91. The van der Waals surface area contributed by atoms with Crippen molar-refractivity contribution in [2.45, 2.75) is 69.8 Å². The van der Waals surface area contributed by atoms with Gasteiger partial charge in [-0.15, -0.1) is 0 Å². The molecule has 0 saturated carbocycles. The minimum absolute atomic E-state index is 0.0455. The van der Waals surface area contributed by atoms with Crippen LogP contribution in [0.3, 0.4) is 0 Å². The zero-order valence-corrected chi connectivity index (χ0v) is 32.4. The van der Waals surface area contributed by atoms with Crippen LogP contribution in [0.5, 0.6) is 0 Å². The van der Waals surface area contributed by atoms with Crippen molar-refractivity contribution in [2.24, 2.45) is 5.92 Å². The molecule has 0 radical (unpaired) electrons. The Labute approximate surface area is 331 Å². The van der Waals surface area contributed by atoms with Gasteiger partial charge >= 0.3 is 12.2 Å². The molecule has 4 heterocycles. The standard InChI is InChI=1S/C42H51ClF3N7O3/c43-36-26-30(25-35(39(36)47)42(44,45)46)24-32(27-38(54)51-17-13-34(14-18-51)53-19-10-31-8-4-5-9-37(31)48-41(53)56)40(55)52-22-20-50(21-23-52)33-11-15-49(16-12-33)28-29-6-2-1-3-7-29/h1-9,25-26,32-34H,10-24,27-28,47H2,(H,48,56)/t32-/m0/s1. The molecule has 7 rings (SSSR count). The highest BCUT2D eigenvalue weighted by atomic mass is 35.5. The van der Waals surface area contributed by atoms with Crippen LogP contribution in [0.2, 0.25) is 5.02 Å². The predicted octanol–water partition coefficient (Wildman–Crippen LogP) is 6.38. The van der Waals surface area contributed by atoms with E-state index < -0.39 is 23.3 Å². The highest BCUT2D eigenvalue weighted by Crippen LogP contribution is 2.38. The number of piperazine rings is 1. The van der Waals surface area contributed by atoms with Crippen LogP contribution in [-0.4, -0.2) is 113 Å². The second-order valence-corrected chi connectivity index (χ2v) is 16.0. The van der Waals surface area contributed by atoms with Crippen molar-refractivity contribution in [3.05, 3.63) is 94.0 Å². The number of carbonyl (C=O) groups excluding carboxylic acids is 3. The van der Waals surface area contributed by atoms with Crippen LogP contribution in [0.1, 0.15) is 54.4 Å². The van der Waals surface area contributed by atoms with E-state index in [0.29, 0.717) is 64.7 Å². The molecule has 1 atom stereocenters. The molecule has 56 heavy (non-hydrogen) atoms. The molecule has 3 aromatic rings. The molecule has 3 saturated heterocycles. The van der Waals surface area contributed by atoms with Gasteiger partial charge in [-0.1, -0.05) is 60.1 Å². The minimum Gasteiger partial charge on any atom is -0.397 e. The van der Waals surface area contributed by atoms with Gasteiger partial charge in [0.05, 0.1) is 22.2 Å². The third kappa shape index (κ3) is 9.44. The monoisotopic (exact) mass is 793 g/mol. The van der Waals surface area contributed by atoms with Crippen LogP contribution in [0.15, 0.2) is 66.7 Å². The van der Waals surface area contributed by atoms with Gasteiger partial charge in [0.1, 0.15) is 0 Å². The van der Waals surface area contributed by atoms with Crippen LogP contribution in [0, 0.1) is 5.92 Å². The van der Waals surface area contributed by atoms with Gasteiger partial charge in [-0.05, 0) is 86.5 Å². The number of hydrogen-bond donors (Lipinski definition) is 2. The smallest absolute Gasteiger partial charge is 0.397 e. The molecule has 0 spiro atoms. The van der Waals surface area contributed by atoms with Gasteiger partial charge in [0.2, 0.25) is 11.8 Å². The number of anilines is 2. The Bertz CT molecular complexity index is 1860. The number of urea groups is 1. The van der Waals surface area contributed by atoms with Crippen LogP contribution in [0.25, 0.3) is 0 Å². The van der Waals surface area contributed by atoms with E-state index in [1.165, 1.54) is 11.6 Å². The molecule has 0 aromatic heterocycles. The largest absolute Gasteiger partial charge is 0.418 e. The first-order valence-corrected chi connectivity index (χ1v) is 20.2. The van der Waals surface area contributed by atoms with Crippen LogP contribution >= 0.6 is 11.6 Å². The van der Waals surface area contributed by atoms with E-state index in [0.717, 1.165) is 56.2 Å². The van der Waals surface area contributed by atoms with E-state index in [-0.39, 0.29) is 47.3 Å². The Kier molecular flexibility index (Phi) is 12.4. The van der Waals surface area contributed by atoms with Gasteiger partial charge < -0.3 is 25.8 Å². The van der Waals surface area contributed by atoms with Crippen molar-refractivity contribution in [1.29, 1.82) is 0 Å². The van der Waals surface area contributed by atoms with Gasteiger partial charge in [0.25, 0.3) is 0 Å². The highest BCUT2D eigenvalue weighted by Gasteiger charge is 2.38. The predicted molar refractivity (Wildman–Crippen MR) is 211 cm³/mol. The third-order valence-electron chi connectivity index (χ3n) is 12.1. The molecule has 0 aliphatic carbocycles. The Morgan fingerprint density at radius 2 is 1.46 bits per heavy atom. The van der Waals surface area contributed by atoms with Crippen LogP contribution < -0.4 is 11.1 Å². The van der Waals surface area contributed by atoms with Crippen molar-refractivity contribution < 1.29 is 27.6 Å². The number of alkyl halides is 3. The average Bonchev–Trinajstić information content (AvgIpc) is 3.37. The molecule has 0 unspecified atom stereocenters. The second kappa shape index (κ2) is 17.4. The van der Waals surface area contributed by atoms with Crippen LogP contribution in [0.4, 0.5) is 29.3 Å². The normalized spacial score (nSPS) is 20.0. The summed E-state index contributed by atoms with van der Waals surface area (Å²) in [7, 11) is 0. The Balaban J connectivity index is 0.979. The summed E-state index contributed by atoms with van der Waals surface area (Å²) in [6.07, 6.45) is -0.969. The van der Waals surface area contributed by atoms with E-state index in [2.05, 4.69) is 39.4 Å². The molecule has 300 valence electrons. The van der Waals surface area contributed by atoms with E-state index in [9.17, 15) is 27.6 Å². The number of fused-ring (bicyclic) bond motifs is 1. The Hall–Kier alpha value is -4.33. The summed E-state index contributed by atoms with van der Waals surface area (Å²) < 4.78 is 41.8. The third-order valence-corrected chi connectivity index (χ3v) is 12.4. The molecular formula is C42H51ClF3N7O3. The van der Waals surface area contributed by atoms with Gasteiger partial charge in [-0.3, -0.25) is 19.4 Å². The number of carbonyl (C=O) groups is 3. The van der Waals surface area contributed by atoms with E-state index in [1.54, 1.807) is 9.80 Å². The highest BCUT2D eigenvalue weighted by molar-refractivity contribution is 6.33. The lowest BCUT2D eigenvalue weighted by Crippen LogP contribution is -2.55. The van der Waals surface area contributed by atoms with Crippen molar-refractivity contribution in [3.63, 3.8) is 0 Å². The first-order chi connectivity index (χ1) is 26.9. The first kappa shape index (κ1) is 39.9. The van der Waals surface area contributed by atoms with Crippen LogP contribution in [-0.2, 0) is 35.2 Å². The SMILES string of the molecule is Nc1c(Cl)cc(C[C@@H](CC(=O)N2CCC(N3CCc4ccccc4NC3=O)CC2)C(=O)N2CCN(C3CCN(Cc4ccccc4)CC3)CC2)cc1C(F)(F)F. The molecule has 4 amide bonds. The maximum atomic E-state index is 14.3. The van der Waals surface area contributed by atoms with E-state index in [1.807, 2.05) is 35.2 Å². The summed E-state index contributed by atoms with van der Waals surface area (Å²) in [5.41, 5.74) is 7.51. The Morgan fingerprint density at radius 3 is 2.16 bits per heavy atom. The van der Waals surface area contributed by atoms with Crippen molar-refractivity contribution in [1.82, 2.24) is 24.5 Å². The number of hydrogen-bond acceptors (Lipinski definition) is 6. The number of likely N-dealkylation sites (tertiary alicyclic amines) is 2. The molecule has 4 aliphatic heterocycles. The maximum absolute atomic E-state index is 14.3. The van der Waals surface area contributed by atoms with Crippen molar-refractivity contribution in [2.75, 3.05) is 70.0 Å². The number of para-hydroxylation sites is 1. The number of nitrogens with two attached hydrogens (primary N) is 1. The van der Waals surface area contributed by atoms with Gasteiger partial charge in [0, 0.05) is 76.5 Å². The number of nitrogens with one attached hydrogen (secondary N) is 1. The average molecular weight is 794 g/mol. The molecule has 3 N–H and O–H groups in total. The fraction of sp³-hybridized carbons (Fsp3) is 0.500. The van der Waals surface area contributed by atoms with Gasteiger partial charge in [-0.2, -0.15) is 13.2 Å². The number of nitrogen functional groups attached to an aromatic ring is 1. The number of rotatable bonds is 9. The topological polar surface area (TPSA) is 105 Å². The molecule has 14 heteroatoms. The van der Waals surface area contributed by atoms with Crippen molar-refractivity contribution >= 4 is 40.8 Å². The minimum atomic E-state index is -4.73. The summed E-state index contributed by atoms with van der Waals surface area (Å²) in [6, 6.07) is 20.8. The summed E-state index contributed by atoms with van der Waals surface area (Å²) >= 11 is 6.19. The summed E-state index contributed by atoms with van der Waals surface area (Å²) in [6.45, 7) is 6.70. The lowest BCUT2D eigenvalue weighted by molar-refractivity contribution is -0.143. The number of benzene rings is 3. The fourth-order valence-corrected chi connectivity index (χ4v) is 9.15. The summed E-state index contributed by atoms with van der Waals surface area (Å²) in [4.78, 5) is 51.6. The zero-order chi connectivity index (χ0) is 39.4. The number of nitrogens with zero attached hydrogens (tertiary/aromatic N) is 5. The summed E-state index contributed by atoms with van der Waals surface area (Å²) in [5.74, 6) is -1.36. The number of halogens is 4. The molecular weight excluding hydrogens is 743 g/mol. The first-order valence-electron chi connectivity index (χ1n) is 19.8. The molecule has 10 nitrogen and oxygen atoms in total. The van der Waals surface area contributed by atoms with Gasteiger partial charge in [0.15, 0.2) is 0 Å². The zero-order valence-electron chi connectivity index (χ0n) is 31.7. The Morgan fingerprint density at radius 1 is 0.804 bits per heavy atom. The molecule has 3 fully saturated rings. The fourth-order valence-electron chi connectivity index (χ4n) is 8.91. The van der Waals surface area contributed by atoms with Crippen molar-refractivity contribution in [3.8, 4) is 0 Å². The maximum Gasteiger partial charge on any atom is 0.418 e. The van der Waals surface area contributed by atoms with Gasteiger partial charge in [-0.25, -0.2) is 4.79 Å². The lowest BCUT2D eigenvalue weighted by Gasteiger charge is -2.43. The molecule has 3 aromatic carbocycles. The van der Waals surface area contributed by atoms with E-state index in [4.69, 9.17) is 17.3 Å². The molecule has 0 bridgehead atoms. The number of amides is 4.